The summed E-state index contributed by atoms with van der Waals surface area (Å²) in [4.78, 5) is 12.1. The van der Waals surface area contributed by atoms with E-state index in [1.54, 1.807) is 4.68 Å². The van der Waals surface area contributed by atoms with Gasteiger partial charge in [-0.3, -0.25) is 10.00 Å². The van der Waals surface area contributed by atoms with E-state index in [1.165, 1.54) is 0 Å². The summed E-state index contributed by atoms with van der Waals surface area (Å²) in [5, 5.41) is 7.39. The molecule has 0 spiro atoms. The van der Waals surface area contributed by atoms with Crippen LogP contribution in [0.3, 0.4) is 0 Å². The van der Waals surface area contributed by atoms with Gasteiger partial charge in [0.05, 0.1) is 16.9 Å². The summed E-state index contributed by atoms with van der Waals surface area (Å²) >= 11 is 0. The number of aryl methyl sites for hydroxylation is 1. The average molecular weight is 399 g/mol. The van der Waals surface area contributed by atoms with Gasteiger partial charge in [-0.2, -0.15) is 5.10 Å². The van der Waals surface area contributed by atoms with E-state index in [2.05, 4.69) is 10.4 Å². The van der Waals surface area contributed by atoms with Crippen molar-refractivity contribution in [1.29, 1.82) is 0 Å². The molecule has 0 aliphatic carbocycles. The third-order valence-corrected chi connectivity index (χ3v) is 5.15. The number of aromatic nitrogens is 2. The molecule has 156 valence electrons. The largest absolute Gasteiger partial charge is 0.498 e. The van der Waals surface area contributed by atoms with Crippen molar-refractivity contribution in [3.63, 3.8) is 0 Å². The SMILES string of the molecule is Cn1cc(B2OC(C)(C)C(C)(C)O2)c(-c2cccc(NC(=O)OC(C)(C)C)c2)n1. The monoisotopic (exact) mass is 399 g/mol. The molecule has 1 aliphatic heterocycles. The first kappa shape index (κ1) is 21.4. The molecule has 1 fully saturated rings. The predicted octanol–water partition coefficient (Wildman–Crippen LogP) is 3.73. The molecule has 29 heavy (non-hydrogen) atoms. The number of carbonyl (C=O) groups is 1. The lowest BCUT2D eigenvalue weighted by atomic mass is 9.78. The van der Waals surface area contributed by atoms with Crippen LogP contribution in [0.5, 0.6) is 0 Å². The minimum atomic E-state index is -0.563. The number of amides is 1. The van der Waals surface area contributed by atoms with E-state index in [0.29, 0.717) is 5.69 Å². The summed E-state index contributed by atoms with van der Waals surface area (Å²) in [6.07, 6.45) is 1.41. The highest BCUT2D eigenvalue weighted by molar-refractivity contribution is 6.63. The normalized spacial score (nSPS) is 18.0. The molecule has 1 aromatic carbocycles. The van der Waals surface area contributed by atoms with Crippen LogP contribution in [0.1, 0.15) is 48.5 Å². The highest BCUT2D eigenvalue weighted by Gasteiger charge is 2.52. The summed E-state index contributed by atoms with van der Waals surface area (Å²) < 4.78 is 19.5. The lowest BCUT2D eigenvalue weighted by Gasteiger charge is -2.32. The number of nitrogens with one attached hydrogen (secondary N) is 1. The standard InChI is InChI=1S/C21H30BN3O4/c1-19(2,3)27-18(26)23-15-11-9-10-14(12-15)17-16(13-25(8)24-17)22-28-20(4,5)21(6,7)29-22/h9-13H,1-8H3,(H,23,26). The Bertz CT molecular complexity index is 899. The Morgan fingerprint density at radius 2 is 1.79 bits per heavy atom. The van der Waals surface area contributed by atoms with E-state index in [0.717, 1.165) is 16.7 Å². The van der Waals surface area contributed by atoms with Crippen molar-refractivity contribution in [2.45, 2.75) is 65.3 Å². The summed E-state index contributed by atoms with van der Waals surface area (Å²) in [5.41, 5.74) is 1.63. The van der Waals surface area contributed by atoms with E-state index < -0.39 is 30.0 Å². The average Bonchev–Trinajstić information content (AvgIpc) is 3.03. The quantitative estimate of drug-likeness (QED) is 0.797. The molecule has 1 aromatic heterocycles. The van der Waals surface area contributed by atoms with Crippen LogP contribution in [-0.2, 0) is 21.1 Å². The summed E-state index contributed by atoms with van der Waals surface area (Å²) in [7, 11) is 1.34. The molecule has 1 saturated heterocycles. The van der Waals surface area contributed by atoms with Gasteiger partial charge in [-0.1, -0.05) is 12.1 Å². The van der Waals surface area contributed by atoms with Gasteiger partial charge < -0.3 is 14.0 Å². The number of benzene rings is 1. The molecule has 3 rings (SSSR count). The molecular weight excluding hydrogens is 369 g/mol. The summed E-state index contributed by atoms with van der Waals surface area (Å²) in [6, 6.07) is 7.48. The number of hydrogen-bond acceptors (Lipinski definition) is 5. The van der Waals surface area contributed by atoms with E-state index in [4.69, 9.17) is 14.0 Å². The Balaban J connectivity index is 1.88. The first-order chi connectivity index (χ1) is 13.3. The molecule has 1 amide bonds. The van der Waals surface area contributed by atoms with Crippen molar-refractivity contribution < 1.29 is 18.8 Å². The second kappa shape index (κ2) is 7.18. The molecule has 0 unspecified atom stereocenters. The van der Waals surface area contributed by atoms with Crippen molar-refractivity contribution in [2.24, 2.45) is 7.05 Å². The molecule has 2 heterocycles. The molecule has 1 aliphatic rings. The number of nitrogens with zero attached hydrogens (tertiary/aromatic N) is 2. The van der Waals surface area contributed by atoms with Crippen LogP contribution in [0.4, 0.5) is 10.5 Å². The maximum absolute atomic E-state index is 12.1. The van der Waals surface area contributed by atoms with Crippen molar-refractivity contribution in [2.75, 3.05) is 5.32 Å². The van der Waals surface area contributed by atoms with Crippen LogP contribution < -0.4 is 10.8 Å². The smallest absolute Gasteiger partial charge is 0.444 e. The van der Waals surface area contributed by atoms with E-state index in [1.807, 2.05) is 86.0 Å². The Hall–Kier alpha value is -2.32. The van der Waals surface area contributed by atoms with Crippen LogP contribution in [0.2, 0.25) is 0 Å². The number of rotatable bonds is 3. The fraction of sp³-hybridized carbons (Fsp3) is 0.524. The predicted molar refractivity (Wildman–Crippen MR) is 114 cm³/mol. The van der Waals surface area contributed by atoms with E-state index >= 15 is 0 Å². The molecule has 0 radical (unpaired) electrons. The summed E-state index contributed by atoms with van der Waals surface area (Å²) in [5.74, 6) is 0. The molecule has 1 N–H and O–H groups in total. The van der Waals surface area contributed by atoms with Gasteiger partial charge in [0.15, 0.2) is 0 Å². The van der Waals surface area contributed by atoms with Gasteiger partial charge in [0.2, 0.25) is 0 Å². The van der Waals surface area contributed by atoms with Crippen molar-refractivity contribution in [3.05, 3.63) is 30.5 Å². The lowest BCUT2D eigenvalue weighted by molar-refractivity contribution is 0.00578. The second-order valence-corrected chi connectivity index (χ2v) is 9.40. The van der Waals surface area contributed by atoms with Crippen LogP contribution >= 0.6 is 0 Å². The number of anilines is 1. The topological polar surface area (TPSA) is 74.6 Å². The highest BCUT2D eigenvalue weighted by Crippen LogP contribution is 2.37. The Morgan fingerprint density at radius 3 is 2.38 bits per heavy atom. The number of ether oxygens (including phenoxy) is 1. The first-order valence-electron chi connectivity index (χ1n) is 9.77. The Labute approximate surface area is 172 Å². The molecular formula is C21H30BN3O4. The van der Waals surface area contributed by atoms with Gasteiger partial charge in [-0.25, -0.2) is 4.79 Å². The van der Waals surface area contributed by atoms with Gasteiger partial charge in [0.25, 0.3) is 0 Å². The summed E-state index contributed by atoms with van der Waals surface area (Å²) in [6.45, 7) is 13.6. The molecule has 2 aromatic rings. The van der Waals surface area contributed by atoms with Gasteiger partial charge >= 0.3 is 13.2 Å². The minimum Gasteiger partial charge on any atom is -0.444 e. The molecule has 0 atom stereocenters. The zero-order valence-corrected chi connectivity index (χ0v) is 18.5. The zero-order chi connectivity index (χ0) is 21.6. The number of hydrogen-bond donors (Lipinski definition) is 1. The maximum atomic E-state index is 12.1. The van der Waals surface area contributed by atoms with Gasteiger partial charge in [0, 0.05) is 30.0 Å². The van der Waals surface area contributed by atoms with Crippen molar-refractivity contribution in [1.82, 2.24) is 9.78 Å². The molecule has 8 heteroatoms. The van der Waals surface area contributed by atoms with E-state index in [9.17, 15) is 4.79 Å². The third kappa shape index (κ3) is 4.65. The second-order valence-electron chi connectivity index (χ2n) is 9.40. The van der Waals surface area contributed by atoms with Gasteiger partial charge in [-0.15, -0.1) is 0 Å². The first-order valence-corrected chi connectivity index (χ1v) is 9.77. The maximum Gasteiger partial charge on any atom is 0.498 e. The van der Waals surface area contributed by atoms with Crippen LogP contribution in [0.15, 0.2) is 30.5 Å². The third-order valence-electron chi connectivity index (χ3n) is 5.15. The molecule has 0 saturated carbocycles. The number of carbonyl (C=O) groups excluding carboxylic acids is 1. The van der Waals surface area contributed by atoms with Crippen molar-refractivity contribution >= 4 is 24.4 Å². The fourth-order valence-corrected chi connectivity index (χ4v) is 3.04. The lowest BCUT2D eigenvalue weighted by Crippen LogP contribution is -2.41. The zero-order valence-electron chi connectivity index (χ0n) is 18.5. The van der Waals surface area contributed by atoms with Gasteiger partial charge in [0.1, 0.15) is 5.60 Å². The Kier molecular flexibility index (Phi) is 5.30. The molecule has 0 bridgehead atoms. The molecule has 7 nitrogen and oxygen atoms in total. The minimum absolute atomic E-state index is 0.440. The Morgan fingerprint density at radius 1 is 1.17 bits per heavy atom. The van der Waals surface area contributed by atoms with Crippen molar-refractivity contribution in [3.8, 4) is 11.3 Å². The highest BCUT2D eigenvalue weighted by atomic mass is 16.7. The fourth-order valence-electron chi connectivity index (χ4n) is 3.04. The van der Waals surface area contributed by atoms with Crippen LogP contribution in [0, 0.1) is 0 Å². The van der Waals surface area contributed by atoms with E-state index in [-0.39, 0.29) is 0 Å². The van der Waals surface area contributed by atoms with Crippen LogP contribution in [0.25, 0.3) is 11.3 Å². The van der Waals surface area contributed by atoms with Gasteiger partial charge in [-0.05, 0) is 60.6 Å². The van der Waals surface area contributed by atoms with Crippen LogP contribution in [-0.4, -0.2) is 39.8 Å².